The Bertz CT molecular complexity index is 422. The highest BCUT2D eigenvalue weighted by molar-refractivity contribution is 5.83. The van der Waals surface area contributed by atoms with E-state index >= 15 is 0 Å². The van der Waals surface area contributed by atoms with Crippen molar-refractivity contribution >= 4 is 23.5 Å². The summed E-state index contributed by atoms with van der Waals surface area (Å²) >= 11 is 0. The molecule has 0 aliphatic rings. The van der Waals surface area contributed by atoms with Crippen LogP contribution in [0.5, 0.6) is 0 Å². The Morgan fingerprint density at radius 2 is 1.17 bits per heavy atom. The minimum atomic E-state index is -0.169. The third-order valence-corrected chi connectivity index (χ3v) is 3.22. The number of carbonyl (C=O) groups excluding carboxylic acids is 4. The number of nitrogens with one attached hydrogen (secondary N) is 3. The number of ketones is 1. The molecule has 0 aromatic carbocycles. The zero-order valence-electron chi connectivity index (χ0n) is 15.1. The lowest BCUT2D eigenvalue weighted by atomic mass is 10.2. The maximum Gasteiger partial charge on any atom is 0.220 e. The lowest BCUT2D eigenvalue weighted by Crippen LogP contribution is -2.30. The van der Waals surface area contributed by atoms with Gasteiger partial charge in [-0.2, -0.15) is 0 Å². The first kappa shape index (κ1) is 22.1. The Kier molecular flexibility index (Phi) is 12.4. The normalized spacial score (nSPS) is 10.3. The van der Waals surface area contributed by atoms with Gasteiger partial charge in [-0.15, -0.1) is 0 Å². The zero-order chi connectivity index (χ0) is 18.4. The van der Waals surface area contributed by atoms with E-state index < -0.39 is 0 Å². The Balaban J connectivity index is 3.52. The Hall–Kier alpha value is -1.92. The average molecular weight is 341 g/mol. The third kappa shape index (κ3) is 15.0. The topological polar surface area (TPSA) is 104 Å². The minimum absolute atomic E-state index is 0.00576. The molecule has 0 unspecified atom stereocenters. The van der Waals surface area contributed by atoms with Gasteiger partial charge in [-0.25, -0.2) is 0 Å². The molecule has 3 N–H and O–H groups in total. The quantitative estimate of drug-likeness (QED) is 0.433. The highest BCUT2D eigenvalue weighted by Crippen LogP contribution is 1.94. The highest BCUT2D eigenvalue weighted by atomic mass is 16.2. The molecular formula is C17H31N3O4. The van der Waals surface area contributed by atoms with Gasteiger partial charge in [0.2, 0.25) is 17.7 Å². The van der Waals surface area contributed by atoms with Crippen molar-refractivity contribution in [1.82, 2.24) is 16.0 Å². The second-order valence-corrected chi connectivity index (χ2v) is 6.31. The number of Topliss-reactive ketones (excluding diaryl/α,β-unsaturated/α-hetero) is 1. The van der Waals surface area contributed by atoms with Crippen LogP contribution in [-0.2, 0) is 19.2 Å². The first-order valence-corrected chi connectivity index (χ1v) is 8.60. The van der Waals surface area contributed by atoms with Gasteiger partial charge in [0.15, 0.2) is 0 Å². The van der Waals surface area contributed by atoms with Crippen molar-refractivity contribution in [2.24, 2.45) is 5.92 Å². The first-order valence-electron chi connectivity index (χ1n) is 8.60. The fourth-order valence-electron chi connectivity index (χ4n) is 1.83. The van der Waals surface area contributed by atoms with E-state index in [2.05, 4.69) is 16.0 Å². The van der Waals surface area contributed by atoms with Crippen LogP contribution in [-0.4, -0.2) is 43.1 Å². The molecule has 0 radical (unpaired) electrons. The summed E-state index contributed by atoms with van der Waals surface area (Å²) in [4.78, 5) is 45.2. The first-order chi connectivity index (χ1) is 11.3. The van der Waals surface area contributed by atoms with Gasteiger partial charge < -0.3 is 20.7 Å². The fraction of sp³-hybridized carbons (Fsp3) is 0.765. The second-order valence-electron chi connectivity index (χ2n) is 6.31. The fourth-order valence-corrected chi connectivity index (χ4v) is 1.83. The molecule has 0 aromatic heterocycles. The molecule has 0 atom stereocenters. The van der Waals surface area contributed by atoms with Gasteiger partial charge in [0, 0.05) is 45.3 Å². The van der Waals surface area contributed by atoms with Crippen LogP contribution in [0, 0.1) is 5.92 Å². The molecule has 7 nitrogen and oxygen atoms in total. The molecule has 0 fully saturated rings. The SMILES string of the molecule is CC(=O)CCC(=O)NCCCC(=O)NCCCC(=O)NCC(C)C. The molecule has 0 bridgehead atoms. The van der Waals surface area contributed by atoms with Crippen LogP contribution in [0.15, 0.2) is 0 Å². The smallest absolute Gasteiger partial charge is 0.220 e. The average Bonchev–Trinajstić information content (AvgIpc) is 2.51. The third-order valence-electron chi connectivity index (χ3n) is 3.22. The molecule has 0 heterocycles. The van der Waals surface area contributed by atoms with Crippen LogP contribution < -0.4 is 16.0 Å². The largest absolute Gasteiger partial charge is 0.356 e. The summed E-state index contributed by atoms with van der Waals surface area (Å²) < 4.78 is 0. The van der Waals surface area contributed by atoms with Gasteiger partial charge in [-0.05, 0) is 25.7 Å². The second kappa shape index (κ2) is 13.5. The minimum Gasteiger partial charge on any atom is -0.356 e. The van der Waals surface area contributed by atoms with E-state index in [9.17, 15) is 19.2 Å². The van der Waals surface area contributed by atoms with Gasteiger partial charge >= 0.3 is 0 Å². The van der Waals surface area contributed by atoms with Gasteiger partial charge in [-0.3, -0.25) is 14.4 Å². The van der Waals surface area contributed by atoms with E-state index in [1.165, 1.54) is 6.92 Å². The Labute approximate surface area is 144 Å². The summed E-state index contributed by atoms with van der Waals surface area (Å²) in [7, 11) is 0. The zero-order valence-corrected chi connectivity index (χ0v) is 15.1. The molecule has 3 amide bonds. The molecular weight excluding hydrogens is 310 g/mol. The van der Waals surface area contributed by atoms with Crippen LogP contribution in [0.1, 0.15) is 59.3 Å². The predicted molar refractivity (Wildman–Crippen MR) is 92.3 cm³/mol. The molecule has 0 spiro atoms. The molecule has 0 rings (SSSR count). The summed E-state index contributed by atoms with van der Waals surface area (Å²) in [6, 6.07) is 0. The summed E-state index contributed by atoms with van der Waals surface area (Å²) in [5.41, 5.74) is 0. The monoisotopic (exact) mass is 341 g/mol. The highest BCUT2D eigenvalue weighted by Gasteiger charge is 2.05. The molecule has 0 aromatic rings. The molecule has 0 saturated heterocycles. The Morgan fingerprint density at radius 3 is 1.62 bits per heavy atom. The number of hydrogen-bond donors (Lipinski definition) is 3. The van der Waals surface area contributed by atoms with E-state index in [0.29, 0.717) is 51.2 Å². The van der Waals surface area contributed by atoms with Gasteiger partial charge in [0.1, 0.15) is 5.78 Å². The van der Waals surface area contributed by atoms with Crippen LogP contribution in [0.4, 0.5) is 0 Å². The molecule has 0 aliphatic carbocycles. The molecule has 138 valence electrons. The van der Waals surface area contributed by atoms with Crippen molar-refractivity contribution in [2.45, 2.75) is 59.3 Å². The summed E-state index contributed by atoms with van der Waals surface area (Å²) in [5.74, 6) is 0.166. The van der Waals surface area contributed by atoms with E-state index in [-0.39, 0.29) is 36.3 Å². The van der Waals surface area contributed by atoms with E-state index in [0.717, 1.165) is 0 Å². The van der Waals surface area contributed by atoms with Crippen molar-refractivity contribution < 1.29 is 19.2 Å². The van der Waals surface area contributed by atoms with E-state index in [1.807, 2.05) is 13.8 Å². The standard InChI is InChI=1S/C17H31N3O4/c1-13(2)12-20-16(23)7-5-10-18-15(22)6-4-11-19-17(24)9-8-14(3)21/h13H,4-12H2,1-3H3,(H,18,22)(H,19,24)(H,20,23). The summed E-state index contributed by atoms with van der Waals surface area (Å²) in [6.45, 7) is 7.08. The number of rotatable bonds is 13. The molecule has 0 saturated carbocycles. The maximum absolute atomic E-state index is 11.6. The molecule has 24 heavy (non-hydrogen) atoms. The van der Waals surface area contributed by atoms with E-state index in [1.54, 1.807) is 0 Å². The Morgan fingerprint density at radius 1 is 0.708 bits per heavy atom. The number of hydrogen-bond acceptors (Lipinski definition) is 4. The maximum atomic E-state index is 11.6. The summed E-state index contributed by atoms with van der Waals surface area (Å²) in [5, 5.41) is 8.26. The summed E-state index contributed by atoms with van der Waals surface area (Å²) in [6.07, 6.45) is 2.33. The van der Waals surface area contributed by atoms with Crippen LogP contribution in [0.25, 0.3) is 0 Å². The van der Waals surface area contributed by atoms with Gasteiger partial charge in [0.25, 0.3) is 0 Å². The molecule has 0 aliphatic heterocycles. The molecule has 7 heteroatoms. The van der Waals surface area contributed by atoms with Crippen molar-refractivity contribution in [1.29, 1.82) is 0 Å². The van der Waals surface area contributed by atoms with Crippen LogP contribution in [0.3, 0.4) is 0 Å². The van der Waals surface area contributed by atoms with Crippen LogP contribution in [0.2, 0.25) is 0 Å². The van der Waals surface area contributed by atoms with Crippen molar-refractivity contribution in [3.8, 4) is 0 Å². The predicted octanol–water partition coefficient (Wildman–Crippen LogP) is 0.921. The lowest BCUT2D eigenvalue weighted by Gasteiger charge is -2.08. The van der Waals surface area contributed by atoms with Gasteiger partial charge in [-0.1, -0.05) is 13.8 Å². The lowest BCUT2D eigenvalue weighted by molar-refractivity contribution is -0.125. The van der Waals surface area contributed by atoms with Crippen molar-refractivity contribution in [2.75, 3.05) is 19.6 Å². The van der Waals surface area contributed by atoms with Gasteiger partial charge in [0.05, 0.1) is 0 Å². The number of carbonyl (C=O) groups is 4. The number of amides is 3. The van der Waals surface area contributed by atoms with Crippen LogP contribution >= 0.6 is 0 Å². The van der Waals surface area contributed by atoms with Crippen molar-refractivity contribution in [3.05, 3.63) is 0 Å². The van der Waals surface area contributed by atoms with Crippen molar-refractivity contribution in [3.63, 3.8) is 0 Å². The van der Waals surface area contributed by atoms with E-state index in [4.69, 9.17) is 0 Å².